The molecular formula is C21H27BrFN3O5. The topological polar surface area (TPSA) is 91.7 Å². The minimum absolute atomic E-state index is 0.116. The number of amides is 1. The van der Waals surface area contributed by atoms with Gasteiger partial charge in [-0.2, -0.15) is 0 Å². The number of nitrogens with zero attached hydrogens (tertiary/aromatic N) is 2. The number of nitrogens with one attached hydrogen (secondary N) is 1. The largest absolute Gasteiger partial charge is 0.461 e. The number of hydrogen-bond acceptors (Lipinski definition) is 6. The molecule has 0 aliphatic carbocycles. The molecule has 2 rings (SSSR count). The van der Waals surface area contributed by atoms with Gasteiger partial charge in [-0.3, -0.25) is 4.68 Å². The van der Waals surface area contributed by atoms with E-state index in [2.05, 4.69) is 26.3 Å². The Morgan fingerprint density at radius 1 is 1.23 bits per heavy atom. The number of esters is 1. The van der Waals surface area contributed by atoms with Crippen molar-refractivity contribution in [2.75, 3.05) is 13.2 Å². The van der Waals surface area contributed by atoms with Crippen LogP contribution in [0.4, 0.5) is 9.18 Å². The van der Waals surface area contributed by atoms with Gasteiger partial charge in [0, 0.05) is 6.54 Å². The van der Waals surface area contributed by atoms with Gasteiger partial charge in [-0.1, -0.05) is 0 Å². The third-order valence-corrected chi connectivity index (χ3v) is 4.67. The van der Waals surface area contributed by atoms with Crippen molar-refractivity contribution in [1.82, 2.24) is 15.1 Å². The van der Waals surface area contributed by atoms with E-state index >= 15 is 0 Å². The van der Waals surface area contributed by atoms with Crippen LogP contribution >= 0.6 is 15.9 Å². The first kappa shape index (κ1) is 24.6. The second-order valence-electron chi connectivity index (χ2n) is 7.81. The van der Waals surface area contributed by atoms with E-state index in [1.807, 2.05) is 0 Å². The van der Waals surface area contributed by atoms with Crippen molar-refractivity contribution >= 4 is 28.0 Å². The molecule has 1 aromatic heterocycles. The second-order valence-corrected chi connectivity index (χ2v) is 8.61. The van der Waals surface area contributed by atoms with Gasteiger partial charge in [-0.05, 0) is 80.7 Å². The molecule has 0 aliphatic rings. The van der Waals surface area contributed by atoms with Crippen molar-refractivity contribution in [3.05, 3.63) is 39.2 Å². The minimum Gasteiger partial charge on any atom is -0.461 e. The van der Waals surface area contributed by atoms with Gasteiger partial charge >= 0.3 is 12.1 Å². The number of halogens is 2. The highest BCUT2D eigenvalue weighted by Gasteiger charge is 2.25. The molecule has 0 saturated carbocycles. The highest BCUT2D eigenvalue weighted by Crippen LogP contribution is 2.33. The number of hydrogen-bond donors (Lipinski definition) is 1. The lowest BCUT2D eigenvalue weighted by Gasteiger charge is -2.19. The van der Waals surface area contributed by atoms with Crippen LogP contribution in [0.1, 0.15) is 49.3 Å². The summed E-state index contributed by atoms with van der Waals surface area (Å²) in [5, 5.41) is 6.94. The third kappa shape index (κ3) is 6.68. The van der Waals surface area contributed by atoms with Gasteiger partial charge in [0.1, 0.15) is 21.6 Å². The summed E-state index contributed by atoms with van der Waals surface area (Å²) in [7, 11) is 0. The zero-order chi connectivity index (χ0) is 23.3. The van der Waals surface area contributed by atoms with Gasteiger partial charge < -0.3 is 19.5 Å². The predicted molar refractivity (Wildman–Crippen MR) is 116 cm³/mol. The van der Waals surface area contributed by atoms with Crippen LogP contribution in [0.15, 0.2) is 16.6 Å². The molecule has 0 spiro atoms. The lowest BCUT2D eigenvalue weighted by atomic mass is 10.1. The molecule has 0 atom stereocenters. The monoisotopic (exact) mass is 499 g/mol. The maximum atomic E-state index is 13.9. The number of aryl methyl sites for hydroxylation is 2. The van der Waals surface area contributed by atoms with Gasteiger partial charge in [-0.25, -0.2) is 14.0 Å². The van der Waals surface area contributed by atoms with Gasteiger partial charge in [0.25, 0.3) is 5.88 Å². The average molecular weight is 500 g/mol. The third-order valence-electron chi connectivity index (χ3n) is 3.95. The summed E-state index contributed by atoms with van der Waals surface area (Å²) in [4.78, 5) is 24.3. The van der Waals surface area contributed by atoms with Crippen molar-refractivity contribution in [1.29, 1.82) is 0 Å². The quantitative estimate of drug-likeness (QED) is 0.545. The molecule has 31 heavy (non-hydrogen) atoms. The molecule has 0 fully saturated rings. The van der Waals surface area contributed by atoms with E-state index in [9.17, 15) is 14.0 Å². The fourth-order valence-corrected chi connectivity index (χ4v) is 3.22. The molecule has 0 aliphatic heterocycles. The fourth-order valence-electron chi connectivity index (χ4n) is 2.69. The summed E-state index contributed by atoms with van der Waals surface area (Å²) in [5.41, 5.74) is 0.371. The number of carbonyl (C=O) groups is 2. The fraction of sp³-hybridized carbons (Fsp3) is 0.476. The van der Waals surface area contributed by atoms with Crippen molar-refractivity contribution in [3.63, 3.8) is 0 Å². The second kappa shape index (κ2) is 10.1. The molecular weight excluding hydrogens is 473 g/mol. The summed E-state index contributed by atoms with van der Waals surface area (Å²) in [6.07, 6.45) is -0.579. The normalized spacial score (nSPS) is 11.2. The van der Waals surface area contributed by atoms with Crippen molar-refractivity contribution in [3.8, 4) is 11.6 Å². The van der Waals surface area contributed by atoms with Crippen molar-refractivity contribution in [2.45, 2.75) is 53.7 Å². The number of rotatable bonds is 7. The number of benzene rings is 1. The average Bonchev–Trinajstić information content (AvgIpc) is 2.93. The standard InChI is InChI=1S/C21H27BrFN3O5/c1-7-29-19(27)17-15(22)18(30-14-10-12(2)16(23)13(3)11-14)25-26(17)9-8-24-20(28)31-21(4,5)6/h10-11H,7-9H2,1-6H3,(H,24,28). The number of alkyl carbamates (subject to hydrolysis) is 1. The number of aromatic nitrogens is 2. The lowest BCUT2D eigenvalue weighted by Crippen LogP contribution is -2.34. The highest BCUT2D eigenvalue weighted by atomic mass is 79.9. The molecule has 8 nitrogen and oxygen atoms in total. The molecule has 1 heterocycles. The Hall–Kier alpha value is -2.62. The van der Waals surface area contributed by atoms with Crippen LogP contribution in [-0.2, 0) is 16.0 Å². The van der Waals surface area contributed by atoms with Crippen molar-refractivity contribution in [2.24, 2.45) is 0 Å². The Morgan fingerprint density at radius 3 is 2.39 bits per heavy atom. The van der Waals surface area contributed by atoms with E-state index in [-0.39, 0.29) is 37.1 Å². The van der Waals surface area contributed by atoms with E-state index in [0.717, 1.165) is 0 Å². The van der Waals surface area contributed by atoms with Gasteiger partial charge in [0.15, 0.2) is 5.69 Å². The zero-order valence-electron chi connectivity index (χ0n) is 18.5. The molecule has 0 unspecified atom stereocenters. The van der Waals surface area contributed by atoms with Crippen LogP contribution in [0.3, 0.4) is 0 Å². The molecule has 2 aromatic rings. The lowest BCUT2D eigenvalue weighted by molar-refractivity contribution is 0.0510. The van der Waals surface area contributed by atoms with E-state index in [1.165, 1.54) is 4.68 Å². The van der Waals surface area contributed by atoms with Gasteiger partial charge in [0.05, 0.1) is 13.2 Å². The molecule has 170 valence electrons. The predicted octanol–water partition coefficient (Wildman–Crippen LogP) is 4.90. The molecule has 1 N–H and O–H groups in total. The van der Waals surface area contributed by atoms with E-state index in [4.69, 9.17) is 14.2 Å². The minimum atomic E-state index is -0.624. The first-order valence-electron chi connectivity index (χ1n) is 9.77. The van der Waals surface area contributed by atoms with Crippen molar-refractivity contribution < 1.29 is 28.2 Å². The molecule has 10 heteroatoms. The number of ether oxygens (including phenoxy) is 3. The summed E-state index contributed by atoms with van der Waals surface area (Å²) < 4.78 is 31.7. The Morgan fingerprint density at radius 2 is 1.84 bits per heavy atom. The Bertz CT molecular complexity index is 946. The summed E-state index contributed by atoms with van der Waals surface area (Å²) in [5.74, 6) is -0.410. The smallest absolute Gasteiger partial charge is 0.407 e. The molecule has 1 amide bonds. The Labute approximate surface area is 189 Å². The first-order valence-corrected chi connectivity index (χ1v) is 10.6. The maximum absolute atomic E-state index is 13.9. The van der Waals surface area contributed by atoms with Crippen LogP contribution in [0, 0.1) is 19.7 Å². The van der Waals surface area contributed by atoms with Crippen LogP contribution in [0.2, 0.25) is 0 Å². The van der Waals surface area contributed by atoms with Crippen LogP contribution < -0.4 is 10.1 Å². The molecule has 1 aromatic carbocycles. The summed E-state index contributed by atoms with van der Waals surface area (Å²) >= 11 is 3.35. The highest BCUT2D eigenvalue weighted by molar-refractivity contribution is 9.10. The molecule has 0 radical (unpaired) electrons. The zero-order valence-corrected chi connectivity index (χ0v) is 20.1. The van der Waals surface area contributed by atoms with E-state index in [1.54, 1.807) is 53.7 Å². The number of carbonyl (C=O) groups excluding carboxylic acids is 2. The van der Waals surface area contributed by atoms with Gasteiger partial charge in [-0.15, -0.1) is 5.10 Å². The first-order chi connectivity index (χ1) is 14.4. The van der Waals surface area contributed by atoms with Crippen LogP contribution in [-0.4, -0.2) is 40.6 Å². The Kier molecular flexibility index (Phi) is 8.05. The molecule has 0 bridgehead atoms. The van der Waals surface area contributed by atoms with E-state index < -0.39 is 17.7 Å². The Balaban J connectivity index is 2.25. The maximum Gasteiger partial charge on any atom is 0.407 e. The summed E-state index contributed by atoms with van der Waals surface area (Å²) in [6, 6.07) is 3.09. The SMILES string of the molecule is CCOC(=O)c1c(Br)c(Oc2cc(C)c(F)c(C)c2)nn1CCNC(=O)OC(C)(C)C. The van der Waals surface area contributed by atoms with Gasteiger partial charge in [0.2, 0.25) is 0 Å². The summed E-state index contributed by atoms with van der Waals surface area (Å²) in [6.45, 7) is 10.7. The van der Waals surface area contributed by atoms with E-state index in [0.29, 0.717) is 21.3 Å². The van der Waals surface area contributed by atoms with Crippen LogP contribution in [0.5, 0.6) is 11.6 Å². The molecule has 0 saturated heterocycles. The van der Waals surface area contributed by atoms with Crippen LogP contribution in [0.25, 0.3) is 0 Å².